The maximum absolute atomic E-state index is 6.00. The number of para-hydroxylation sites is 1. The summed E-state index contributed by atoms with van der Waals surface area (Å²) >= 11 is 0. The Bertz CT molecular complexity index is 435. The van der Waals surface area contributed by atoms with Gasteiger partial charge in [-0.2, -0.15) is 0 Å². The molecule has 0 amide bonds. The Labute approximate surface area is 128 Å². The number of aliphatic imine (C=N–C) groups is 1. The third-order valence-corrected chi connectivity index (χ3v) is 3.92. The zero-order valence-corrected chi connectivity index (χ0v) is 13.3. The van der Waals surface area contributed by atoms with E-state index in [-0.39, 0.29) is 0 Å². The smallest absolute Gasteiger partial charge is 0.193 e. The average molecular weight is 288 g/mol. The quantitative estimate of drug-likeness (QED) is 0.625. The minimum Gasteiger partial charge on any atom is -0.370 e. The highest BCUT2D eigenvalue weighted by Gasteiger charge is 2.22. The molecule has 2 rings (SSSR count). The second-order valence-corrected chi connectivity index (χ2v) is 6.24. The van der Waals surface area contributed by atoms with Gasteiger partial charge in [0.2, 0.25) is 0 Å². The molecule has 1 aliphatic heterocycles. The summed E-state index contributed by atoms with van der Waals surface area (Å²) in [4.78, 5) is 7.13. The van der Waals surface area contributed by atoms with E-state index in [1.807, 2.05) is 30.3 Å². The summed E-state index contributed by atoms with van der Waals surface area (Å²) in [5.41, 5.74) is 6.99. The van der Waals surface area contributed by atoms with E-state index in [2.05, 4.69) is 29.1 Å². The lowest BCUT2D eigenvalue weighted by Crippen LogP contribution is -2.37. The number of hydrogen-bond donors (Lipinski definition) is 2. The van der Waals surface area contributed by atoms with E-state index in [4.69, 9.17) is 5.73 Å². The van der Waals surface area contributed by atoms with Crippen molar-refractivity contribution in [3.63, 3.8) is 0 Å². The monoisotopic (exact) mass is 288 g/mol. The SMILES string of the molecule is CC(C)CC(CN=C(N)Nc1ccccc1)N1CCCC1. The van der Waals surface area contributed by atoms with Crippen molar-refractivity contribution in [1.82, 2.24) is 4.90 Å². The molecule has 1 aromatic rings. The Morgan fingerprint density at radius 3 is 2.52 bits per heavy atom. The van der Waals surface area contributed by atoms with Crippen LogP contribution in [0.2, 0.25) is 0 Å². The molecule has 1 heterocycles. The molecular weight excluding hydrogens is 260 g/mol. The second kappa shape index (κ2) is 8.03. The Morgan fingerprint density at radius 2 is 1.90 bits per heavy atom. The Balaban J connectivity index is 1.91. The van der Waals surface area contributed by atoms with Crippen LogP contribution < -0.4 is 11.1 Å². The van der Waals surface area contributed by atoms with Gasteiger partial charge >= 0.3 is 0 Å². The molecule has 4 heteroatoms. The average Bonchev–Trinajstić information content (AvgIpc) is 2.98. The molecule has 0 spiro atoms. The normalized spacial score (nSPS) is 18.1. The lowest BCUT2D eigenvalue weighted by molar-refractivity contribution is 0.218. The number of hydrogen-bond acceptors (Lipinski definition) is 2. The van der Waals surface area contributed by atoms with Crippen LogP contribution in [0.4, 0.5) is 5.69 Å². The molecule has 21 heavy (non-hydrogen) atoms. The third-order valence-electron chi connectivity index (χ3n) is 3.92. The molecule has 1 fully saturated rings. The first-order valence-corrected chi connectivity index (χ1v) is 8.01. The van der Waals surface area contributed by atoms with Gasteiger partial charge in [0.15, 0.2) is 5.96 Å². The van der Waals surface area contributed by atoms with Gasteiger partial charge < -0.3 is 11.1 Å². The molecule has 1 unspecified atom stereocenters. The van der Waals surface area contributed by atoms with Gasteiger partial charge in [-0.15, -0.1) is 0 Å². The predicted molar refractivity (Wildman–Crippen MR) is 90.6 cm³/mol. The first-order valence-electron chi connectivity index (χ1n) is 8.01. The minimum atomic E-state index is 0.508. The molecule has 0 radical (unpaired) electrons. The van der Waals surface area contributed by atoms with Crippen molar-refractivity contribution in [2.24, 2.45) is 16.6 Å². The maximum atomic E-state index is 6.00. The molecule has 1 aromatic carbocycles. The van der Waals surface area contributed by atoms with Crippen LogP contribution in [0.15, 0.2) is 35.3 Å². The van der Waals surface area contributed by atoms with Crippen molar-refractivity contribution in [1.29, 1.82) is 0 Å². The van der Waals surface area contributed by atoms with Gasteiger partial charge in [0, 0.05) is 11.7 Å². The van der Waals surface area contributed by atoms with Gasteiger partial charge in [-0.3, -0.25) is 9.89 Å². The van der Waals surface area contributed by atoms with Crippen molar-refractivity contribution < 1.29 is 0 Å². The fourth-order valence-corrected chi connectivity index (χ4v) is 2.90. The van der Waals surface area contributed by atoms with Crippen molar-refractivity contribution in [2.45, 2.75) is 39.2 Å². The van der Waals surface area contributed by atoms with E-state index in [0.717, 1.165) is 12.2 Å². The zero-order valence-electron chi connectivity index (χ0n) is 13.3. The fourth-order valence-electron chi connectivity index (χ4n) is 2.90. The molecule has 0 saturated carbocycles. The molecule has 116 valence electrons. The molecule has 1 aliphatic rings. The Hall–Kier alpha value is -1.55. The summed E-state index contributed by atoms with van der Waals surface area (Å²) in [5, 5.41) is 3.15. The van der Waals surface area contributed by atoms with Crippen molar-refractivity contribution in [3.8, 4) is 0 Å². The predicted octanol–water partition coefficient (Wildman–Crippen LogP) is 2.92. The summed E-state index contributed by atoms with van der Waals surface area (Å²) in [6.45, 7) is 7.75. The molecule has 1 saturated heterocycles. The number of benzene rings is 1. The summed E-state index contributed by atoms with van der Waals surface area (Å²) in [5.74, 6) is 1.20. The van der Waals surface area contributed by atoms with E-state index < -0.39 is 0 Å². The van der Waals surface area contributed by atoms with E-state index in [0.29, 0.717) is 17.9 Å². The molecule has 4 nitrogen and oxygen atoms in total. The Morgan fingerprint density at radius 1 is 1.24 bits per heavy atom. The van der Waals surface area contributed by atoms with Crippen LogP contribution in [-0.4, -0.2) is 36.5 Å². The van der Waals surface area contributed by atoms with Crippen molar-refractivity contribution in [2.75, 3.05) is 25.0 Å². The lowest BCUT2D eigenvalue weighted by Gasteiger charge is -2.27. The van der Waals surface area contributed by atoms with Gasteiger partial charge in [0.1, 0.15) is 0 Å². The van der Waals surface area contributed by atoms with E-state index in [1.165, 1.54) is 32.4 Å². The standard InChI is InChI=1S/C17H28N4/c1-14(2)12-16(21-10-6-7-11-21)13-19-17(18)20-15-8-4-3-5-9-15/h3-5,8-9,14,16H,6-7,10-13H2,1-2H3,(H3,18,19,20). The largest absolute Gasteiger partial charge is 0.370 e. The van der Waals surface area contributed by atoms with Crippen LogP contribution in [0.25, 0.3) is 0 Å². The van der Waals surface area contributed by atoms with Gasteiger partial charge in [0.25, 0.3) is 0 Å². The lowest BCUT2D eigenvalue weighted by atomic mass is 10.0. The second-order valence-electron chi connectivity index (χ2n) is 6.24. The number of nitrogens with two attached hydrogens (primary N) is 1. The van der Waals surface area contributed by atoms with E-state index in [1.54, 1.807) is 0 Å². The maximum Gasteiger partial charge on any atom is 0.193 e. The van der Waals surface area contributed by atoms with E-state index >= 15 is 0 Å². The number of anilines is 1. The van der Waals surface area contributed by atoms with Crippen LogP contribution in [-0.2, 0) is 0 Å². The van der Waals surface area contributed by atoms with Gasteiger partial charge in [-0.05, 0) is 50.4 Å². The molecule has 0 bridgehead atoms. The van der Waals surface area contributed by atoms with Crippen LogP contribution in [0.3, 0.4) is 0 Å². The topological polar surface area (TPSA) is 53.6 Å². The van der Waals surface area contributed by atoms with Crippen LogP contribution in [0, 0.1) is 5.92 Å². The van der Waals surface area contributed by atoms with Gasteiger partial charge in [0.05, 0.1) is 6.54 Å². The first kappa shape index (κ1) is 15.8. The van der Waals surface area contributed by atoms with Crippen molar-refractivity contribution in [3.05, 3.63) is 30.3 Å². The molecule has 3 N–H and O–H groups in total. The molecule has 0 aliphatic carbocycles. The fraction of sp³-hybridized carbons (Fsp3) is 0.588. The summed E-state index contributed by atoms with van der Waals surface area (Å²) in [6, 6.07) is 10.5. The third kappa shape index (κ3) is 5.38. The van der Waals surface area contributed by atoms with Gasteiger partial charge in [-0.25, -0.2) is 0 Å². The molecule has 0 aromatic heterocycles. The van der Waals surface area contributed by atoms with Crippen LogP contribution in [0.1, 0.15) is 33.1 Å². The zero-order chi connectivity index (χ0) is 15.1. The first-order chi connectivity index (χ1) is 10.1. The highest BCUT2D eigenvalue weighted by atomic mass is 15.2. The van der Waals surface area contributed by atoms with Crippen LogP contribution in [0.5, 0.6) is 0 Å². The minimum absolute atomic E-state index is 0.508. The molecule has 1 atom stereocenters. The van der Waals surface area contributed by atoms with E-state index in [9.17, 15) is 0 Å². The number of likely N-dealkylation sites (tertiary alicyclic amines) is 1. The number of nitrogens with one attached hydrogen (secondary N) is 1. The van der Waals surface area contributed by atoms with Crippen molar-refractivity contribution >= 4 is 11.6 Å². The highest BCUT2D eigenvalue weighted by Crippen LogP contribution is 2.18. The number of guanidine groups is 1. The summed E-state index contributed by atoms with van der Waals surface area (Å²) < 4.78 is 0. The number of rotatable bonds is 6. The Kier molecular flexibility index (Phi) is 6.05. The van der Waals surface area contributed by atoms with Crippen LogP contribution >= 0.6 is 0 Å². The molecular formula is C17H28N4. The van der Waals surface area contributed by atoms with Gasteiger partial charge in [-0.1, -0.05) is 32.0 Å². The highest BCUT2D eigenvalue weighted by molar-refractivity contribution is 5.92. The summed E-state index contributed by atoms with van der Waals surface area (Å²) in [6.07, 6.45) is 3.81. The number of nitrogens with zero attached hydrogens (tertiary/aromatic N) is 2. The summed E-state index contributed by atoms with van der Waals surface area (Å²) in [7, 11) is 0.